The number of hydrogen-bond acceptors (Lipinski definition) is 4. The van der Waals surface area contributed by atoms with Crippen LogP contribution >= 0.6 is 0 Å². The molecule has 6 heteroatoms. The zero-order valence-corrected chi connectivity index (χ0v) is 9.79. The second kappa shape index (κ2) is 5.72. The molecule has 0 aromatic heterocycles. The summed E-state index contributed by atoms with van der Waals surface area (Å²) in [5, 5.41) is 14.4. The lowest BCUT2D eigenvalue weighted by atomic mass is 10.2. The van der Waals surface area contributed by atoms with Crippen LogP contribution in [0.4, 0.5) is 15.8 Å². The van der Waals surface area contributed by atoms with Crippen molar-refractivity contribution in [2.24, 2.45) is 5.10 Å². The number of nitrogens with one attached hydrogen (secondary N) is 1. The van der Waals surface area contributed by atoms with Gasteiger partial charge >= 0.3 is 0 Å². The SMILES string of the molecule is O=[N+]([O-])c1ccc(/C=N\Nc2ccc(F)cc2)cc1. The van der Waals surface area contributed by atoms with Gasteiger partial charge in [-0.05, 0) is 42.0 Å². The van der Waals surface area contributed by atoms with Crippen molar-refractivity contribution in [1.29, 1.82) is 0 Å². The molecule has 0 heterocycles. The minimum Gasteiger partial charge on any atom is -0.279 e. The number of halogens is 1. The van der Waals surface area contributed by atoms with Gasteiger partial charge in [-0.1, -0.05) is 0 Å². The lowest BCUT2D eigenvalue weighted by Gasteiger charge is -1.99. The van der Waals surface area contributed by atoms with Crippen molar-refractivity contribution in [3.05, 3.63) is 70.0 Å². The number of anilines is 1. The zero-order valence-electron chi connectivity index (χ0n) is 9.79. The van der Waals surface area contributed by atoms with E-state index in [1.165, 1.54) is 30.5 Å². The van der Waals surface area contributed by atoms with E-state index in [1.54, 1.807) is 24.3 Å². The largest absolute Gasteiger partial charge is 0.279 e. The second-order valence-corrected chi connectivity index (χ2v) is 3.73. The van der Waals surface area contributed by atoms with Gasteiger partial charge in [0.15, 0.2) is 0 Å². The Morgan fingerprint density at radius 1 is 1.11 bits per heavy atom. The fourth-order valence-electron chi connectivity index (χ4n) is 1.39. The molecule has 0 amide bonds. The van der Waals surface area contributed by atoms with Gasteiger partial charge in [0.05, 0.1) is 16.8 Å². The molecular weight excluding hydrogens is 249 g/mol. The molecule has 0 aliphatic rings. The van der Waals surface area contributed by atoms with Crippen LogP contribution in [0.5, 0.6) is 0 Å². The van der Waals surface area contributed by atoms with Crippen molar-refractivity contribution in [2.45, 2.75) is 0 Å². The van der Waals surface area contributed by atoms with Crippen molar-refractivity contribution in [3.8, 4) is 0 Å². The van der Waals surface area contributed by atoms with Crippen molar-refractivity contribution in [2.75, 3.05) is 5.43 Å². The van der Waals surface area contributed by atoms with Crippen molar-refractivity contribution in [3.63, 3.8) is 0 Å². The average molecular weight is 259 g/mol. The maximum Gasteiger partial charge on any atom is 0.269 e. The maximum atomic E-state index is 12.7. The molecule has 96 valence electrons. The van der Waals surface area contributed by atoms with Gasteiger partial charge in [-0.25, -0.2) is 4.39 Å². The first-order valence-corrected chi connectivity index (χ1v) is 5.44. The van der Waals surface area contributed by atoms with Crippen LogP contribution in [0, 0.1) is 15.9 Å². The van der Waals surface area contributed by atoms with E-state index < -0.39 is 4.92 Å². The highest BCUT2D eigenvalue weighted by molar-refractivity contribution is 5.80. The van der Waals surface area contributed by atoms with Crippen LogP contribution < -0.4 is 5.43 Å². The van der Waals surface area contributed by atoms with Crippen molar-refractivity contribution in [1.82, 2.24) is 0 Å². The number of non-ortho nitro benzene ring substituents is 1. The molecule has 0 saturated carbocycles. The molecule has 19 heavy (non-hydrogen) atoms. The quantitative estimate of drug-likeness (QED) is 0.521. The van der Waals surface area contributed by atoms with E-state index in [9.17, 15) is 14.5 Å². The summed E-state index contributed by atoms with van der Waals surface area (Å²) < 4.78 is 12.7. The summed E-state index contributed by atoms with van der Waals surface area (Å²) in [7, 11) is 0. The van der Waals surface area contributed by atoms with Crippen molar-refractivity contribution >= 4 is 17.6 Å². The molecule has 0 bridgehead atoms. The van der Waals surface area contributed by atoms with Crippen LogP contribution in [0.2, 0.25) is 0 Å². The highest BCUT2D eigenvalue weighted by atomic mass is 19.1. The van der Waals surface area contributed by atoms with Crippen molar-refractivity contribution < 1.29 is 9.31 Å². The fourth-order valence-corrected chi connectivity index (χ4v) is 1.39. The molecule has 2 aromatic rings. The number of nitrogens with zero attached hydrogens (tertiary/aromatic N) is 2. The van der Waals surface area contributed by atoms with Gasteiger partial charge < -0.3 is 0 Å². The Balaban J connectivity index is 1.98. The van der Waals surface area contributed by atoms with Gasteiger partial charge in [-0.2, -0.15) is 5.10 Å². The first-order valence-electron chi connectivity index (χ1n) is 5.44. The number of benzene rings is 2. The molecule has 0 saturated heterocycles. The van der Waals surface area contributed by atoms with Crippen LogP contribution in [0.3, 0.4) is 0 Å². The predicted octanol–water partition coefficient (Wildman–Crippen LogP) is 3.18. The smallest absolute Gasteiger partial charge is 0.269 e. The molecule has 1 N–H and O–H groups in total. The molecule has 0 aliphatic carbocycles. The lowest BCUT2D eigenvalue weighted by molar-refractivity contribution is -0.384. The molecule has 0 unspecified atom stereocenters. The Bertz CT molecular complexity index is 594. The molecule has 0 aliphatic heterocycles. The topological polar surface area (TPSA) is 67.5 Å². The first-order chi connectivity index (χ1) is 9.15. The molecule has 2 rings (SSSR count). The third kappa shape index (κ3) is 3.60. The molecule has 0 spiro atoms. The minimum absolute atomic E-state index is 0.0312. The fraction of sp³-hybridized carbons (Fsp3) is 0. The number of hydrazone groups is 1. The minimum atomic E-state index is -0.461. The summed E-state index contributed by atoms with van der Waals surface area (Å²) >= 11 is 0. The monoisotopic (exact) mass is 259 g/mol. The Morgan fingerprint density at radius 2 is 1.74 bits per heavy atom. The maximum absolute atomic E-state index is 12.7. The Morgan fingerprint density at radius 3 is 2.32 bits per heavy atom. The van der Waals surface area contributed by atoms with E-state index in [0.29, 0.717) is 5.69 Å². The van der Waals surface area contributed by atoms with E-state index in [4.69, 9.17) is 0 Å². The van der Waals surface area contributed by atoms with E-state index >= 15 is 0 Å². The molecule has 5 nitrogen and oxygen atoms in total. The molecule has 2 aromatic carbocycles. The molecule has 0 fully saturated rings. The summed E-state index contributed by atoms with van der Waals surface area (Å²) in [6.45, 7) is 0. The van der Waals surface area contributed by atoms with E-state index in [-0.39, 0.29) is 11.5 Å². The third-order valence-electron chi connectivity index (χ3n) is 2.36. The van der Waals surface area contributed by atoms with Gasteiger partial charge in [-0.15, -0.1) is 0 Å². The standard InChI is InChI=1S/C13H10FN3O2/c14-11-3-5-12(6-4-11)16-15-9-10-1-7-13(8-2-10)17(18)19/h1-9,16H/b15-9-. The van der Waals surface area contributed by atoms with E-state index in [2.05, 4.69) is 10.5 Å². The van der Waals surface area contributed by atoms with Crippen LogP contribution in [0.25, 0.3) is 0 Å². The van der Waals surface area contributed by atoms with Gasteiger partial charge in [0.2, 0.25) is 0 Å². The van der Waals surface area contributed by atoms with Gasteiger partial charge in [0.1, 0.15) is 5.82 Å². The van der Waals surface area contributed by atoms with Crippen LogP contribution in [0.15, 0.2) is 53.6 Å². The van der Waals surface area contributed by atoms with E-state index in [0.717, 1.165) is 5.56 Å². The number of hydrogen-bond donors (Lipinski definition) is 1. The second-order valence-electron chi connectivity index (χ2n) is 3.73. The highest BCUT2D eigenvalue weighted by Crippen LogP contribution is 2.11. The summed E-state index contributed by atoms with van der Waals surface area (Å²) in [5.41, 5.74) is 4.13. The number of nitro benzene ring substituents is 1. The Labute approximate surface area is 108 Å². The van der Waals surface area contributed by atoms with Gasteiger partial charge in [-0.3, -0.25) is 15.5 Å². The molecule has 0 atom stereocenters. The number of nitro groups is 1. The van der Waals surface area contributed by atoms with E-state index in [1.807, 2.05) is 0 Å². The third-order valence-corrected chi connectivity index (χ3v) is 2.36. The summed E-state index contributed by atoms with van der Waals surface area (Å²) in [4.78, 5) is 10.0. The first kappa shape index (κ1) is 12.7. The van der Waals surface area contributed by atoms with Crippen LogP contribution in [0.1, 0.15) is 5.56 Å². The Kier molecular flexibility index (Phi) is 3.82. The zero-order chi connectivity index (χ0) is 13.7. The van der Waals surface area contributed by atoms with Crippen LogP contribution in [-0.4, -0.2) is 11.1 Å². The predicted molar refractivity (Wildman–Crippen MR) is 70.7 cm³/mol. The highest BCUT2D eigenvalue weighted by Gasteiger charge is 2.02. The summed E-state index contributed by atoms with van der Waals surface area (Å²) in [6.07, 6.45) is 1.52. The summed E-state index contributed by atoms with van der Waals surface area (Å²) in [5.74, 6) is -0.315. The normalized spacial score (nSPS) is 10.6. The van der Waals surface area contributed by atoms with Gasteiger partial charge in [0, 0.05) is 12.1 Å². The van der Waals surface area contributed by atoms with Gasteiger partial charge in [0.25, 0.3) is 5.69 Å². The Hall–Kier alpha value is -2.76. The molecule has 0 radical (unpaired) electrons. The lowest BCUT2D eigenvalue weighted by Crippen LogP contribution is -1.91. The average Bonchev–Trinajstić information content (AvgIpc) is 2.41. The summed E-state index contributed by atoms with van der Waals surface area (Å²) in [6, 6.07) is 11.7. The number of rotatable bonds is 4. The molecular formula is C13H10FN3O2. The van der Waals surface area contributed by atoms with Crippen LogP contribution in [-0.2, 0) is 0 Å².